The Morgan fingerprint density at radius 2 is 0.654 bits per heavy atom. The van der Waals surface area contributed by atoms with Crippen LogP contribution in [0.15, 0.2) is 72.9 Å². The van der Waals surface area contributed by atoms with Crippen LogP contribution in [-0.4, -0.2) is 95.9 Å². The molecule has 5 unspecified atom stereocenters. The van der Waals surface area contributed by atoms with Gasteiger partial charge < -0.3 is 34.2 Å². The number of carbonyl (C=O) groups is 3. The van der Waals surface area contributed by atoms with E-state index in [-0.39, 0.29) is 19.3 Å². The molecule has 0 aromatic carbocycles. The molecule has 0 amide bonds. The molecule has 81 heavy (non-hydrogen) atoms. The lowest BCUT2D eigenvalue weighted by atomic mass is 10.0. The maximum absolute atomic E-state index is 12.9. The summed E-state index contributed by atoms with van der Waals surface area (Å²) < 4.78 is 60.7. The van der Waals surface area contributed by atoms with Gasteiger partial charge in [-0.1, -0.05) is 222 Å². The van der Waals surface area contributed by atoms with Gasteiger partial charge in [0.2, 0.25) is 0 Å². The predicted octanol–water partition coefficient (Wildman–Crippen LogP) is 16.4. The Balaban J connectivity index is 4.73. The van der Waals surface area contributed by atoms with E-state index in [1.165, 1.54) is 64.2 Å². The molecule has 16 nitrogen and oxygen atoms in total. The summed E-state index contributed by atoms with van der Waals surface area (Å²) in [6.45, 7) is 2.40. The van der Waals surface area contributed by atoms with Gasteiger partial charge in [0.05, 0.1) is 26.4 Å². The summed E-state index contributed by atoms with van der Waals surface area (Å²) in [6, 6.07) is 0. The van der Waals surface area contributed by atoms with E-state index in [0.29, 0.717) is 19.3 Å². The lowest BCUT2D eigenvalue weighted by Gasteiger charge is -2.21. The molecule has 0 radical (unpaired) electrons. The first-order valence-electron chi connectivity index (χ1n) is 31.2. The Kier molecular flexibility index (Phi) is 55.3. The molecular weight excluding hydrogens is 1070 g/mol. The summed E-state index contributed by atoms with van der Waals surface area (Å²) in [5.74, 6) is -1.60. The van der Waals surface area contributed by atoms with Gasteiger partial charge in [-0.05, 0) is 83.5 Å². The summed E-state index contributed by atoms with van der Waals surface area (Å²) in [5, 5.41) is 20.5. The molecule has 0 spiro atoms. The van der Waals surface area contributed by atoms with Gasteiger partial charge in [-0.3, -0.25) is 32.5 Å². The maximum Gasteiger partial charge on any atom is 0.472 e. The smallest absolute Gasteiger partial charge is 0.463 e. The SMILES string of the molecule is CC/C=C\C/C=C\C/C=C\CCCCCCCC(=O)OCC(O)COP(=O)(O)OCC(O)COP(=O)(O)OCC(COC(=O)CCCCCCC/C=C\C/C=C\C/C=C\CC)OC(=O)CCCCCCCCCCCCCCCCC. The number of hydrogen-bond acceptors (Lipinski definition) is 14. The number of ether oxygens (including phenoxy) is 3. The fraction of sp³-hybridized carbons (Fsp3) is 0.762. The zero-order chi connectivity index (χ0) is 59.6. The van der Waals surface area contributed by atoms with Crippen LogP contribution in [-0.2, 0) is 55.8 Å². The number of aliphatic hydroxyl groups is 2. The maximum atomic E-state index is 12.9. The second kappa shape index (κ2) is 57.4. The number of carbonyl (C=O) groups excluding carboxylic acids is 3. The van der Waals surface area contributed by atoms with Crippen molar-refractivity contribution in [2.75, 3.05) is 39.6 Å². The first-order chi connectivity index (χ1) is 39.2. The van der Waals surface area contributed by atoms with Crippen molar-refractivity contribution in [2.45, 2.75) is 270 Å². The second-order valence-corrected chi connectivity index (χ2v) is 23.7. The Morgan fingerprint density at radius 3 is 1.04 bits per heavy atom. The predicted molar refractivity (Wildman–Crippen MR) is 325 cm³/mol. The van der Waals surface area contributed by atoms with E-state index in [0.717, 1.165) is 128 Å². The third kappa shape index (κ3) is 58.6. The Morgan fingerprint density at radius 1 is 0.358 bits per heavy atom. The van der Waals surface area contributed by atoms with Gasteiger partial charge in [-0.25, -0.2) is 9.13 Å². The van der Waals surface area contributed by atoms with E-state index in [1.54, 1.807) is 0 Å². The van der Waals surface area contributed by atoms with Gasteiger partial charge in [-0.2, -0.15) is 0 Å². The van der Waals surface area contributed by atoms with Gasteiger partial charge in [0, 0.05) is 19.3 Å². The van der Waals surface area contributed by atoms with E-state index in [2.05, 4.69) is 93.7 Å². The molecule has 5 atom stereocenters. The highest BCUT2D eigenvalue weighted by atomic mass is 31.2. The van der Waals surface area contributed by atoms with E-state index >= 15 is 0 Å². The van der Waals surface area contributed by atoms with Crippen molar-refractivity contribution < 1.29 is 75.8 Å². The monoisotopic (exact) mass is 1190 g/mol. The zero-order valence-corrected chi connectivity index (χ0v) is 52.2. The highest BCUT2D eigenvalue weighted by Gasteiger charge is 2.29. The molecule has 0 aliphatic carbocycles. The molecule has 0 heterocycles. The standard InChI is InChI=1S/C63H112O16P2/c1-4-7-10-13-16-19-22-25-28-31-34-37-40-43-46-49-61(66)73-52-58(64)53-75-80(69,70)76-54-59(65)55-77-81(71,72)78-57-60(79-63(68)51-48-45-42-39-36-33-30-27-24-21-18-15-12-9-6-3)56-74-62(67)50-47-44-41-38-35-32-29-26-23-20-17-14-11-8-5-2/h7-8,10-11,16-17,19-20,25-26,28-29,58-60,64-65H,4-6,9,12-15,18,21-24,27,30-57H2,1-3H3,(H,69,70)(H,71,72)/b10-7-,11-8-,19-16-,20-17-,28-25-,29-26-. The third-order valence-electron chi connectivity index (χ3n) is 12.9. The molecule has 4 N–H and O–H groups in total. The number of esters is 3. The molecule has 0 saturated heterocycles. The normalized spacial score (nSPS) is 14.9. The first-order valence-corrected chi connectivity index (χ1v) is 34.2. The molecule has 0 saturated carbocycles. The molecule has 0 bridgehead atoms. The Labute approximate surface area is 490 Å². The average molecular weight is 1190 g/mol. The lowest BCUT2D eigenvalue weighted by Crippen LogP contribution is -2.30. The number of phosphoric ester groups is 2. The summed E-state index contributed by atoms with van der Waals surface area (Å²) in [4.78, 5) is 58.2. The number of hydrogen-bond donors (Lipinski definition) is 4. The van der Waals surface area contributed by atoms with Gasteiger partial charge in [-0.15, -0.1) is 0 Å². The van der Waals surface area contributed by atoms with E-state index < -0.39 is 91.5 Å². The van der Waals surface area contributed by atoms with Crippen molar-refractivity contribution in [2.24, 2.45) is 0 Å². The molecule has 0 aromatic rings. The van der Waals surface area contributed by atoms with Gasteiger partial charge >= 0.3 is 33.6 Å². The largest absolute Gasteiger partial charge is 0.472 e. The van der Waals surface area contributed by atoms with Crippen molar-refractivity contribution in [1.82, 2.24) is 0 Å². The third-order valence-corrected chi connectivity index (χ3v) is 14.8. The molecule has 470 valence electrons. The summed E-state index contributed by atoms with van der Waals surface area (Å²) in [7, 11) is -9.76. The van der Waals surface area contributed by atoms with Crippen LogP contribution in [0.25, 0.3) is 0 Å². The quantitative estimate of drug-likeness (QED) is 0.0146. The topological polar surface area (TPSA) is 231 Å². The molecule has 18 heteroatoms. The Bertz CT molecular complexity index is 1780. The van der Waals surface area contributed by atoms with Crippen molar-refractivity contribution in [3.63, 3.8) is 0 Å². The van der Waals surface area contributed by atoms with Crippen LogP contribution in [0, 0.1) is 0 Å². The molecule has 0 fully saturated rings. The van der Waals surface area contributed by atoms with Crippen LogP contribution >= 0.6 is 15.6 Å². The molecule has 0 aromatic heterocycles. The number of aliphatic hydroxyl groups excluding tert-OH is 2. The fourth-order valence-corrected chi connectivity index (χ4v) is 9.77. The van der Waals surface area contributed by atoms with Crippen LogP contribution < -0.4 is 0 Å². The average Bonchev–Trinajstić information content (AvgIpc) is 3.45. The van der Waals surface area contributed by atoms with E-state index in [1.807, 2.05) is 0 Å². The minimum Gasteiger partial charge on any atom is -0.463 e. The number of unbranched alkanes of at least 4 members (excludes halogenated alkanes) is 24. The molecule has 0 aliphatic heterocycles. The van der Waals surface area contributed by atoms with E-state index in [9.17, 15) is 43.5 Å². The van der Waals surface area contributed by atoms with Crippen LogP contribution in [0.3, 0.4) is 0 Å². The number of phosphoric acid groups is 2. The van der Waals surface area contributed by atoms with Crippen LogP contribution in [0.4, 0.5) is 0 Å². The van der Waals surface area contributed by atoms with E-state index in [4.69, 9.17) is 32.3 Å². The summed E-state index contributed by atoms with van der Waals surface area (Å²) >= 11 is 0. The highest BCUT2D eigenvalue weighted by molar-refractivity contribution is 7.47. The van der Waals surface area contributed by atoms with Gasteiger partial charge in [0.25, 0.3) is 0 Å². The summed E-state index contributed by atoms with van der Waals surface area (Å²) in [6.07, 6.45) is 56.8. The first kappa shape index (κ1) is 78.0. The minimum absolute atomic E-state index is 0.104. The van der Waals surface area contributed by atoms with Crippen molar-refractivity contribution >= 4 is 33.6 Å². The Hall–Kier alpha value is -3.01. The summed E-state index contributed by atoms with van der Waals surface area (Å²) in [5.41, 5.74) is 0. The zero-order valence-electron chi connectivity index (χ0n) is 50.4. The van der Waals surface area contributed by atoms with Gasteiger partial charge in [0.15, 0.2) is 6.10 Å². The fourth-order valence-electron chi connectivity index (χ4n) is 8.19. The van der Waals surface area contributed by atoms with Crippen LogP contribution in [0.5, 0.6) is 0 Å². The van der Waals surface area contributed by atoms with Crippen molar-refractivity contribution in [1.29, 1.82) is 0 Å². The number of allylic oxidation sites excluding steroid dienone is 12. The minimum atomic E-state index is -4.92. The highest BCUT2D eigenvalue weighted by Crippen LogP contribution is 2.45. The van der Waals surface area contributed by atoms with Crippen molar-refractivity contribution in [3.05, 3.63) is 72.9 Å². The van der Waals surface area contributed by atoms with Gasteiger partial charge in [0.1, 0.15) is 25.4 Å². The molecule has 0 aliphatic rings. The second-order valence-electron chi connectivity index (χ2n) is 20.8. The van der Waals surface area contributed by atoms with Crippen LogP contribution in [0.2, 0.25) is 0 Å². The number of rotatable bonds is 59. The van der Waals surface area contributed by atoms with Crippen molar-refractivity contribution in [3.8, 4) is 0 Å². The molecular formula is C63H112O16P2. The molecule has 0 rings (SSSR count). The lowest BCUT2D eigenvalue weighted by molar-refractivity contribution is -0.161. The van der Waals surface area contributed by atoms with Crippen LogP contribution in [0.1, 0.15) is 252 Å².